The monoisotopic (exact) mass is 328 g/mol. The van der Waals surface area contributed by atoms with Gasteiger partial charge in [-0.1, -0.05) is 30.3 Å². The summed E-state index contributed by atoms with van der Waals surface area (Å²) in [6.07, 6.45) is 4.69. The first-order valence-electron chi connectivity index (χ1n) is 9.48. The van der Waals surface area contributed by atoms with Crippen LogP contribution in [-0.2, 0) is 16.0 Å². The quantitative estimate of drug-likeness (QED) is 0.849. The number of fused-ring (bicyclic) bond motifs is 1. The molecule has 3 atom stereocenters. The van der Waals surface area contributed by atoms with Gasteiger partial charge in [0, 0.05) is 45.2 Å². The molecule has 0 N–H and O–H groups in total. The van der Waals surface area contributed by atoms with Crippen LogP contribution >= 0.6 is 0 Å². The summed E-state index contributed by atoms with van der Waals surface area (Å²) >= 11 is 0. The van der Waals surface area contributed by atoms with E-state index in [1.165, 1.54) is 18.4 Å². The molecular weight excluding hydrogens is 300 g/mol. The lowest BCUT2D eigenvalue weighted by Crippen LogP contribution is -2.53. The topological polar surface area (TPSA) is 32.8 Å². The second-order valence-corrected chi connectivity index (χ2v) is 7.50. The molecule has 3 saturated heterocycles. The predicted octanol–water partition coefficient (Wildman–Crippen LogP) is 2.19. The fourth-order valence-corrected chi connectivity index (χ4v) is 4.60. The summed E-state index contributed by atoms with van der Waals surface area (Å²) < 4.78 is 5.97. The number of rotatable bonds is 4. The van der Waals surface area contributed by atoms with Gasteiger partial charge in [-0.15, -0.1) is 0 Å². The number of benzene rings is 1. The van der Waals surface area contributed by atoms with Gasteiger partial charge in [0.1, 0.15) is 0 Å². The highest BCUT2D eigenvalue weighted by Gasteiger charge is 2.45. The third kappa shape index (κ3) is 3.35. The van der Waals surface area contributed by atoms with Crippen LogP contribution < -0.4 is 0 Å². The molecule has 3 aliphatic heterocycles. The van der Waals surface area contributed by atoms with Crippen LogP contribution in [0.4, 0.5) is 0 Å². The van der Waals surface area contributed by atoms with Crippen LogP contribution in [0.1, 0.15) is 24.8 Å². The van der Waals surface area contributed by atoms with Crippen molar-refractivity contribution in [2.75, 3.05) is 39.3 Å². The average Bonchev–Trinajstić information content (AvgIpc) is 3.31. The Morgan fingerprint density at radius 3 is 2.71 bits per heavy atom. The Morgan fingerprint density at radius 1 is 1.12 bits per heavy atom. The molecule has 0 unspecified atom stereocenters. The first kappa shape index (κ1) is 16.1. The van der Waals surface area contributed by atoms with Crippen LogP contribution in [0.2, 0.25) is 0 Å². The van der Waals surface area contributed by atoms with E-state index in [1.54, 1.807) is 0 Å². The van der Waals surface area contributed by atoms with Crippen molar-refractivity contribution in [2.24, 2.45) is 11.8 Å². The summed E-state index contributed by atoms with van der Waals surface area (Å²) in [6.45, 7) is 5.65. The van der Waals surface area contributed by atoms with E-state index in [0.29, 0.717) is 11.8 Å². The van der Waals surface area contributed by atoms with Crippen molar-refractivity contribution in [1.29, 1.82) is 0 Å². The van der Waals surface area contributed by atoms with Crippen molar-refractivity contribution < 1.29 is 9.53 Å². The minimum absolute atomic E-state index is 0.139. The van der Waals surface area contributed by atoms with Crippen LogP contribution in [-0.4, -0.2) is 61.1 Å². The van der Waals surface area contributed by atoms with Gasteiger partial charge >= 0.3 is 0 Å². The molecule has 0 saturated carbocycles. The lowest BCUT2D eigenvalue weighted by Gasteiger charge is -2.40. The van der Waals surface area contributed by atoms with E-state index in [1.807, 2.05) is 0 Å². The standard InChI is InChI=1S/C20H28N2O2/c23-20(22-10-4-5-11-22)18-14-21(15-19-17(18)9-13-24-19)12-8-16-6-2-1-3-7-16/h1-3,6-7,17-19H,4-5,8-15H2/t17-,18+,19+/m0/s1. The fraction of sp³-hybridized carbons (Fsp3) is 0.650. The maximum absolute atomic E-state index is 13.0. The number of piperidine rings is 1. The van der Waals surface area contributed by atoms with Crippen molar-refractivity contribution in [2.45, 2.75) is 31.8 Å². The maximum Gasteiger partial charge on any atom is 0.227 e. The molecule has 0 bridgehead atoms. The third-order valence-electron chi connectivity index (χ3n) is 5.96. The number of hydrogen-bond donors (Lipinski definition) is 0. The third-order valence-corrected chi connectivity index (χ3v) is 5.96. The molecule has 130 valence electrons. The Labute approximate surface area is 144 Å². The first-order valence-corrected chi connectivity index (χ1v) is 9.48. The predicted molar refractivity (Wildman–Crippen MR) is 93.7 cm³/mol. The lowest BCUT2D eigenvalue weighted by atomic mass is 9.81. The van der Waals surface area contributed by atoms with Gasteiger partial charge in [0.25, 0.3) is 0 Å². The van der Waals surface area contributed by atoms with Crippen LogP contribution in [0.3, 0.4) is 0 Å². The van der Waals surface area contributed by atoms with Crippen molar-refractivity contribution >= 4 is 5.91 Å². The molecule has 0 radical (unpaired) electrons. The van der Waals surface area contributed by atoms with Gasteiger partial charge in [-0.3, -0.25) is 9.69 Å². The lowest BCUT2D eigenvalue weighted by molar-refractivity contribution is -0.140. The van der Waals surface area contributed by atoms with Crippen molar-refractivity contribution in [3.8, 4) is 0 Å². The van der Waals surface area contributed by atoms with Gasteiger partial charge < -0.3 is 9.64 Å². The van der Waals surface area contributed by atoms with Gasteiger partial charge in [0.05, 0.1) is 12.0 Å². The molecule has 1 amide bonds. The summed E-state index contributed by atoms with van der Waals surface area (Å²) in [6, 6.07) is 10.6. The number of likely N-dealkylation sites (tertiary alicyclic amines) is 2. The van der Waals surface area contributed by atoms with E-state index < -0.39 is 0 Å². The Kier molecular flexibility index (Phi) is 4.86. The van der Waals surface area contributed by atoms with E-state index in [2.05, 4.69) is 40.1 Å². The van der Waals surface area contributed by atoms with Crippen LogP contribution in [0.5, 0.6) is 0 Å². The SMILES string of the molecule is O=C([C@@H]1CN(CCc2ccccc2)C[C@H]2OCC[C@H]21)N1CCCC1. The number of carbonyl (C=O) groups excluding carboxylic acids is 1. The second kappa shape index (κ2) is 7.24. The maximum atomic E-state index is 13.0. The smallest absolute Gasteiger partial charge is 0.227 e. The number of nitrogens with zero attached hydrogens (tertiary/aromatic N) is 2. The van der Waals surface area contributed by atoms with Crippen molar-refractivity contribution in [1.82, 2.24) is 9.80 Å². The van der Waals surface area contributed by atoms with E-state index in [0.717, 1.165) is 52.2 Å². The minimum Gasteiger partial charge on any atom is -0.377 e. The Hall–Kier alpha value is -1.39. The number of carbonyl (C=O) groups is 1. The average molecular weight is 328 g/mol. The molecule has 0 aromatic heterocycles. The highest BCUT2D eigenvalue weighted by molar-refractivity contribution is 5.80. The zero-order valence-corrected chi connectivity index (χ0v) is 14.4. The summed E-state index contributed by atoms with van der Waals surface area (Å²) in [5.41, 5.74) is 1.37. The summed E-state index contributed by atoms with van der Waals surface area (Å²) in [5, 5.41) is 0. The molecule has 4 heteroatoms. The number of amides is 1. The normalized spacial score (nSPS) is 30.5. The van der Waals surface area contributed by atoms with Crippen molar-refractivity contribution in [3.63, 3.8) is 0 Å². The molecule has 0 aliphatic carbocycles. The number of ether oxygens (including phenoxy) is 1. The Morgan fingerprint density at radius 2 is 1.92 bits per heavy atom. The van der Waals surface area contributed by atoms with Gasteiger partial charge in [-0.05, 0) is 31.2 Å². The van der Waals surface area contributed by atoms with E-state index >= 15 is 0 Å². The fourth-order valence-electron chi connectivity index (χ4n) is 4.60. The van der Waals surface area contributed by atoms with Gasteiger partial charge in [0.15, 0.2) is 0 Å². The number of hydrogen-bond acceptors (Lipinski definition) is 3. The molecule has 3 fully saturated rings. The molecule has 4 nitrogen and oxygen atoms in total. The largest absolute Gasteiger partial charge is 0.377 e. The highest BCUT2D eigenvalue weighted by atomic mass is 16.5. The molecule has 3 heterocycles. The summed E-state index contributed by atoms with van der Waals surface area (Å²) in [7, 11) is 0. The van der Waals surface area contributed by atoms with E-state index in [9.17, 15) is 4.79 Å². The molecule has 24 heavy (non-hydrogen) atoms. The molecule has 1 aromatic rings. The van der Waals surface area contributed by atoms with E-state index in [-0.39, 0.29) is 12.0 Å². The van der Waals surface area contributed by atoms with Crippen LogP contribution in [0.15, 0.2) is 30.3 Å². The van der Waals surface area contributed by atoms with Crippen molar-refractivity contribution in [3.05, 3.63) is 35.9 Å². The zero-order chi connectivity index (χ0) is 16.4. The Balaban J connectivity index is 1.41. The van der Waals surface area contributed by atoms with Gasteiger partial charge in [-0.2, -0.15) is 0 Å². The van der Waals surface area contributed by atoms with Crippen LogP contribution in [0.25, 0.3) is 0 Å². The summed E-state index contributed by atoms with van der Waals surface area (Å²) in [4.78, 5) is 17.6. The molecule has 1 aromatic carbocycles. The van der Waals surface area contributed by atoms with E-state index in [4.69, 9.17) is 4.74 Å². The minimum atomic E-state index is 0.139. The first-order chi connectivity index (χ1) is 11.8. The van der Waals surface area contributed by atoms with Gasteiger partial charge in [0.2, 0.25) is 5.91 Å². The molecular formula is C20H28N2O2. The Bertz CT molecular complexity index is 556. The van der Waals surface area contributed by atoms with Gasteiger partial charge in [-0.25, -0.2) is 0 Å². The highest BCUT2D eigenvalue weighted by Crippen LogP contribution is 2.35. The summed E-state index contributed by atoms with van der Waals surface area (Å²) in [5.74, 6) is 0.962. The molecule has 4 rings (SSSR count). The second-order valence-electron chi connectivity index (χ2n) is 7.50. The molecule has 3 aliphatic rings. The molecule has 0 spiro atoms. The van der Waals surface area contributed by atoms with Crippen LogP contribution in [0, 0.1) is 11.8 Å². The zero-order valence-electron chi connectivity index (χ0n) is 14.4.